The molecule has 0 saturated carbocycles. The summed E-state index contributed by atoms with van der Waals surface area (Å²) in [6, 6.07) is 5.47. The fraction of sp³-hybridized carbons (Fsp3) is 0.529. The largest absolute Gasteiger partial charge is 0.493 e. The highest BCUT2D eigenvalue weighted by molar-refractivity contribution is 5.83. The van der Waals surface area contributed by atoms with E-state index in [9.17, 15) is 4.79 Å². The number of carbonyl (C=O) groups is 1. The third kappa shape index (κ3) is 7.65. The molecule has 0 aliphatic carbocycles. The lowest BCUT2D eigenvalue weighted by Gasteiger charge is -2.11. The van der Waals surface area contributed by atoms with Crippen molar-refractivity contribution in [2.45, 2.75) is 26.4 Å². The summed E-state index contributed by atoms with van der Waals surface area (Å²) in [6.07, 6.45) is 2.27. The number of hydrogen-bond donors (Lipinski definition) is 0. The van der Waals surface area contributed by atoms with E-state index in [1.807, 2.05) is 12.1 Å². The summed E-state index contributed by atoms with van der Waals surface area (Å²) in [4.78, 5) is 15.5. The van der Waals surface area contributed by atoms with Crippen LogP contribution < -0.4 is 9.47 Å². The van der Waals surface area contributed by atoms with Crippen molar-refractivity contribution in [3.8, 4) is 11.5 Å². The van der Waals surface area contributed by atoms with Crippen molar-refractivity contribution >= 4 is 12.2 Å². The van der Waals surface area contributed by atoms with Gasteiger partial charge in [-0.2, -0.15) is 0 Å². The van der Waals surface area contributed by atoms with Crippen molar-refractivity contribution in [3.05, 3.63) is 23.8 Å². The summed E-state index contributed by atoms with van der Waals surface area (Å²) in [7, 11) is 3.25. The molecule has 0 fully saturated rings. The summed E-state index contributed by atoms with van der Waals surface area (Å²) >= 11 is 0. The lowest BCUT2D eigenvalue weighted by Crippen LogP contribution is -2.13. The fourth-order valence-corrected chi connectivity index (χ4v) is 1.80. The molecular formula is C17H25NO5. The molecule has 128 valence electrons. The zero-order chi connectivity index (χ0) is 17.1. The molecule has 1 rings (SSSR count). The fourth-order valence-electron chi connectivity index (χ4n) is 1.80. The number of ether oxygens (including phenoxy) is 4. The van der Waals surface area contributed by atoms with E-state index in [4.69, 9.17) is 18.9 Å². The number of aliphatic imine (C=N–C) groups is 1. The van der Waals surface area contributed by atoms with Crippen LogP contribution in [0.5, 0.6) is 11.5 Å². The van der Waals surface area contributed by atoms with Crippen molar-refractivity contribution < 1.29 is 23.7 Å². The van der Waals surface area contributed by atoms with Crippen molar-refractivity contribution in [2.24, 2.45) is 4.99 Å². The first-order valence-corrected chi connectivity index (χ1v) is 7.56. The number of carbonyl (C=O) groups excluding carboxylic acids is 1. The van der Waals surface area contributed by atoms with Crippen LogP contribution in [0.3, 0.4) is 0 Å². The second kappa shape index (κ2) is 10.6. The van der Waals surface area contributed by atoms with E-state index in [1.54, 1.807) is 40.3 Å². The Morgan fingerprint density at radius 2 is 2.00 bits per heavy atom. The molecule has 6 heteroatoms. The Balaban J connectivity index is 2.63. The third-order valence-electron chi connectivity index (χ3n) is 2.77. The number of esters is 1. The molecule has 6 nitrogen and oxygen atoms in total. The summed E-state index contributed by atoms with van der Waals surface area (Å²) in [5.74, 6) is 0.942. The van der Waals surface area contributed by atoms with Gasteiger partial charge in [0.25, 0.3) is 0 Å². The molecule has 1 aromatic rings. The molecule has 0 aliphatic rings. The molecule has 23 heavy (non-hydrogen) atoms. The highest BCUT2D eigenvalue weighted by Crippen LogP contribution is 2.27. The maximum absolute atomic E-state index is 11.4. The molecule has 0 heterocycles. The second-order valence-corrected chi connectivity index (χ2v) is 5.11. The Kier molecular flexibility index (Phi) is 8.75. The summed E-state index contributed by atoms with van der Waals surface area (Å²) < 4.78 is 21.0. The van der Waals surface area contributed by atoms with Crippen LogP contribution in [0.25, 0.3) is 0 Å². The van der Waals surface area contributed by atoms with E-state index in [2.05, 4.69) is 4.99 Å². The smallest absolute Gasteiger partial charge is 0.327 e. The minimum absolute atomic E-state index is 0.00572. The van der Waals surface area contributed by atoms with Crippen molar-refractivity contribution in [2.75, 3.05) is 34.0 Å². The number of nitrogens with zero attached hydrogens (tertiary/aromatic N) is 1. The van der Waals surface area contributed by atoms with Gasteiger partial charge in [-0.3, -0.25) is 9.79 Å². The Labute approximate surface area is 137 Å². The predicted molar refractivity (Wildman–Crippen MR) is 88.7 cm³/mol. The van der Waals surface area contributed by atoms with E-state index >= 15 is 0 Å². The number of rotatable bonds is 10. The van der Waals surface area contributed by atoms with Gasteiger partial charge in [-0.15, -0.1) is 0 Å². The lowest BCUT2D eigenvalue weighted by atomic mass is 10.2. The molecule has 0 bridgehead atoms. The quantitative estimate of drug-likeness (QED) is 0.376. The maximum atomic E-state index is 11.4. The molecule has 0 N–H and O–H groups in total. The zero-order valence-electron chi connectivity index (χ0n) is 14.2. The van der Waals surface area contributed by atoms with Gasteiger partial charge in [-0.25, -0.2) is 0 Å². The summed E-state index contributed by atoms with van der Waals surface area (Å²) in [6.45, 7) is 4.78. The summed E-state index contributed by atoms with van der Waals surface area (Å²) in [5.41, 5.74) is 0.824. The van der Waals surface area contributed by atoms with Gasteiger partial charge in [0.05, 0.1) is 19.8 Å². The lowest BCUT2D eigenvalue weighted by molar-refractivity contribution is -0.145. The predicted octanol–water partition coefficient (Wildman–Crippen LogP) is 2.48. The molecule has 0 saturated heterocycles. The Morgan fingerprint density at radius 3 is 2.65 bits per heavy atom. The summed E-state index contributed by atoms with van der Waals surface area (Å²) in [5, 5.41) is 0. The topological polar surface area (TPSA) is 66.4 Å². The van der Waals surface area contributed by atoms with Crippen LogP contribution in [0.2, 0.25) is 0 Å². The van der Waals surface area contributed by atoms with Crippen LogP contribution in [-0.4, -0.2) is 52.3 Å². The van der Waals surface area contributed by atoms with Crippen molar-refractivity contribution in [3.63, 3.8) is 0 Å². The zero-order valence-corrected chi connectivity index (χ0v) is 14.2. The SMILES string of the molecule is COCCCOc1cc(C=NCC(=O)OC(C)C)ccc1OC. The third-order valence-corrected chi connectivity index (χ3v) is 2.77. The molecule has 1 aromatic carbocycles. The number of hydrogen-bond acceptors (Lipinski definition) is 6. The average molecular weight is 323 g/mol. The molecule has 0 unspecified atom stereocenters. The van der Waals surface area contributed by atoms with E-state index in [-0.39, 0.29) is 18.6 Å². The number of methoxy groups -OCH3 is 2. The van der Waals surface area contributed by atoms with Crippen LogP contribution in [0.1, 0.15) is 25.8 Å². The van der Waals surface area contributed by atoms with Gasteiger partial charge in [0.1, 0.15) is 6.54 Å². The Morgan fingerprint density at radius 1 is 1.22 bits per heavy atom. The monoisotopic (exact) mass is 323 g/mol. The van der Waals surface area contributed by atoms with Gasteiger partial charge in [-0.05, 0) is 37.6 Å². The van der Waals surface area contributed by atoms with Gasteiger partial charge < -0.3 is 18.9 Å². The maximum Gasteiger partial charge on any atom is 0.327 e. The minimum Gasteiger partial charge on any atom is -0.493 e. The van der Waals surface area contributed by atoms with Crippen molar-refractivity contribution in [1.29, 1.82) is 0 Å². The van der Waals surface area contributed by atoms with E-state index < -0.39 is 0 Å². The van der Waals surface area contributed by atoms with E-state index in [1.165, 1.54) is 0 Å². The Bertz CT molecular complexity index is 514. The molecule has 0 amide bonds. The molecule has 0 atom stereocenters. The van der Waals surface area contributed by atoms with Gasteiger partial charge in [0.2, 0.25) is 0 Å². The standard InChI is InChI=1S/C17H25NO5/c1-13(2)23-17(19)12-18-11-14-6-7-15(21-4)16(10-14)22-9-5-8-20-3/h6-7,10-11,13H,5,8-9,12H2,1-4H3. The molecule has 0 spiro atoms. The normalized spacial score (nSPS) is 11.0. The highest BCUT2D eigenvalue weighted by Gasteiger charge is 2.06. The van der Waals surface area contributed by atoms with E-state index in [0.717, 1.165) is 12.0 Å². The molecule has 0 radical (unpaired) electrons. The van der Waals surface area contributed by atoms with Crippen molar-refractivity contribution in [1.82, 2.24) is 0 Å². The first kappa shape index (κ1) is 19.0. The Hall–Kier alpha value is -2.08. The van der Waals surface area contributed by atoms with Gasteiger partial charge >= 0.3 is 5.97 Å². The van der Waals surface area contributed by atoms with Crippen LogP contribution >= 0.6 is 0 Å². The molecular weight excluding hydrogens is 298 g/mol. The van der Waals surface area contributed by atoms with Crippen LogP contribution in [0.4, 0.5) is 0 Å². The van der Waals surface area contributed by atoms with Crippen LogP contribution in [-0.2, 0) is 14.3 Å². The van der Waals surface area contributed by atoms with Gasteiger partial charge in [-0.1, -0.05) is 0 Å². The first-order chi connectivity index (χ1) is 11.1. The average Bonchev–Trinajstić information content (AvgIpc) is 2.51. The van der Waals surface area contributed by atoms with Gasteiger partial charge in [0.15, 0.2) is 11.5 Å². The molecule has 0 aromatic heterocycles. The molecule has 0 aliphatic heterocycles. The highest BCUT2D eigenvalue weighted by atomic mass is 16.5. The second-order valence-electron chi connectivity index (χ2n) is 5.11. The van der Waals surface area contributed by atoms with Crippen LogP contribution in [0, 0.1) is 0 Å². The first-order valence-electron chi connectivity index (χ1n) is 7.56. The van der Waals surface area contributed by atoms with Crippen LogP contribution in [0.15, 0.2) is 23.2 Å². The number of benzene rings is 1. The van der Waals surface area contributed by atoms with Gasteiger partial charge in [0, 0.05) is 26.4 Å². The van der Waals surface area contributed by atoms with E-state index in [0.29, 0.717) is 24.7 Å². The minimum atomic E-state index is -0.346.